The number of carboxylic acids is 1. The molecule has 0 saturated carbocycles. The molecule has 0 aliphatic carbocycles. The van der Waals surface area contributed by atoms with Crippen molar-refractivity contribution in [2.24, 2.45) is 0 Å². The third kappa shape index (κ3) is 2.20. The van der Waals surface area contributed by atoms with Crippen LogP contribution in [0.25, 0.3) is 16.7 Å². The minimum Gasteiger partial charge on any atom is -0.477 e. The molecule has 1 aromatic carbocycles. The zero-order chi connectivity index (χ0) is 15.9. The largest absolute Gasteiger partial charge is 0.477 e. The van der Waals surface area contributed by atoms with E-state index in [0.717, 1.165) is 5.69 Å². The van der Waals surface area contributed by atoms with Gasteiger partial charge in [0.15, 0.2) is 0 Å². The van der Waals surface area contributed by atoms with Gasteiger partial charge in [0, 0.05) is 23.3 Å². The van der Waals surface area contributed by atoms with Gasteiger partial charge in [0.2, 0.25) is 5.43 Å². The van der Waals surface area contributed by atoms with E-state index in [0.29, 0.717) is 17.0 Å². The second-order valence-electron chi connectivity index (χ2n) is 4.96. The van der Waals surface area contributed by atoms with Crippen molar-refractivity contribution in [3.63, 3.8) is 0 Å². The van der Waals surface area contributed by atoms with Crippen molar-refractivity contribution in [1.29, 1.82) is 0 Å². The fourth-order valence-corrected chi connectivity index (χ4v) is 2.28. The number of aryl methyl sites for hydroxylation is 1. The molecule has 3 rings (SSSR count). The van der Waals surface area contributed by atoms with E-state index in [1.165, 1.54) is 6.20 Å². The summed E-state index contributed by atoms with van der Waals surface area (Å²) >= 11 is 0. The number of benzene rings is 1. The number of nitrogens with zero attached hydrogens (tertiary/aromatic N) is 2. The van der Waals surface area contributed by atoms with Gasteiger partial charge in [0.1, 0.15) is 11.2 Å². The third-order valence-corrected chi connectivity index (χ3v) is 3.39. The molecule has 0 fully saturated rings. The minimum atomic E-state index is -1.27. The monoisotopic (exact) mass is 295 g/mol. The molecule has 6 heteroatoms. The molecule has 6 nitrogen and oxygen atoms in total. The van der Waals surface area contributed by atoms with E-state index in [-0.39, 0.29) is 10.9 Å². The summed E-state index contributed by atoms with van der Waals surface area (Å²) < 4.78 is 1.59. The number of fused-ring (bicyclic) bond motifs is 1. The van der Waals surface area contributed by atoms with Gasteiger partial charge in [-0.1, -0.05) is 0 Å². The van der Waals surface area contributed by atoms with E-state index in [1.807, 2.05) is 6.92 Å². The van der Waals surface area contributed by atoms with Crippen LogP contribution in [-0.2, 0) is 0 Å². The summed E-state index contributed by atoms with van der Waals surface area (Å²) in [6, 6.07) is 10.2. The lowest BCUT2D eigenvalue weighted by atomic mass is 10.1. The number of nitrogens with two attached hydrogens (primary N) is 1. The zero-order valence-electron chi connectivity index (χ0n) is 11.8. The van der Waals surface area contributed by atoms with Crippen LogP contribution in [0.4, 0.5) is 5.69 Å². The highest BCUT2D eigenvalue weighted by molar-refractivity contribution is 5.92. The van der Waals surface area contributed by atoms with Crippen molar-refractivity contribution in [3.8, 4) is 5.69 Å². The highest BCUT2D eigenvalue weighted by atomic mass is 16.4. The molecule has 0 spiro atoms. The Balaban J connectivity index is 2.43. The lowest BCUT2D eigenvalue weighted by Gasteiger charge is -2.12. The quantitative estimate of drug-likeness (QED) is 0.704. The molecular weight excluding hydrogens is 282 g/mol. The van der Waals surface area contributed by atoms with Crippen molar-refractivity contribution in [1.82, 2.24) is 9.55 Å². The Kier molecular flexibility index (Phi) is 3.14. The Morgan fingerprint density at radius 1 is 1.18 bits per heavy atom. The van der Waals surface area contributed by atoms with Crippen LogP contribution in [0.15, 0.2) is 47.4 Å². The standard InChI is InChI=1S/C16H13N3O3/c1-9-2-7-12-14(20)13(16(21)22)8-19(15(12)18-9)11-5-3-10(17)4-6-11/h2-8H,17H2,1H3,(H,21,22). The maximum absolute atomic E-state index is 12.3. The highest BCUT2D eigenvalue weighted by Gasteiger charge is 2.16. The third-order valence-electron chi connectivity index (χ3n) is 3.39. The van der Waals surface area contributed by atoms with Gasteiger partial charge in [-0.3, -0.25) is 4.79 Å². The van der Waals surface area contributed by atoms with E-state index in [2.05, 4.69) is 4.98 Å². The lowest BCUT2D eigenvalue weighted by molar-refractivity contribution is 0.0695. The van der Waals surface area contributed by atoms with Crippen LogP contribution in [-0.4, -0.2) is 20.6 Å². The van der Waals surface area contributed by atoms with Gasteiger partial charge in [-0.15, -0.1) is 0 Å². The van der Waals surface area contributed by atoms with Gasteiger partial charge in [-0.25, -0.2) is 9.78 Å². The number of carboxylic acid groups (broad SMARTS) is 1. The molecule has 22 heavy (non-hydrogen) atoms. The number of anilines is 1. The number of hydrogen-bond acceptors (Lipinski definition) is 4. The fraction of sp³-hybridized carbons (Fsp3) is 0.0625. The first-order chi connectivity index (χ1) is 10.5. The summed E-state index contributed by atoms with van der Waals surface area (Å²) in [6.07, 6.45) is 1.30. The van der Waals surface area contributed by atoms with Crippen LogP contribution in [0.1, 0.15) is 16.1 Å². The Morgan fingerprint density at radius 2 is 1.86 bits per heavy atom. The predicted molar refractivity (Wildman–Crippen MR) is 83.4 cm³/mol. The molecular formula is C16H13N3O3. The van der Waals surface area contributed by atoms with Crippen LogP contribution in [0.5, 0.6) is 0 Å². The highest BCUT2D eigenvalue weighted by Crippen LogP contribution is 2.18. The molecule has 0 aliphatic heterocycles. The first kappa shape index (κ1) is 13.8. The molecule has 3 N–H and O–H groups in total. The number of pyridine rings is 2. The molecule has 0 atom stereocenters. The van der Waals surface area contributed by atoms with Crippen LogP contribution in [0, 0.1) is 6.92 Å². The molecule has 3 aromatic rings. The van der Waals surface area contributed by atoms with E-state index in [1.54, 1.807) is 41.0 Å². The number of hydrogen-bond donors (Lipinski definition) is 2. The predicted octanol–water partition coefficient (Wildman–Crippen LogP) is 1.97. The molecule has 110 valence electrons. The van der Waals surface area contributed by atoms with Gasteiger partial charge >= 0.3 is 5.97 Å². The molecule has 2 heterocycles. The normalized spacial score (nSPS) is 10.8. The van der Waals surface area contributed by atoms with Gasteiger partial charge in [-0.05, 0) is 43.3 Å². The SMILES string of the molecule is Cc1ccc2c(=O)c(C(=O)O)cn(-c3ccc(N)cc3)c2n1. The number of carbonyl (C=O) groups is 1. The van der Waals surface area contributed by atoms with Gasteiger partial charge in [0.05, 0.1) is 5.39 Å². The molecule has 0 bridgehead atoms. The first-order valence-electron chi connectivity index (χ1n) is 6.59. The van der Waals surface area contributed by atoms with Crippen molar-refractivity contribution < 1.29 is 9.90 Å². The molecule has 0 unspecified atom stereocenters. The minimum absolute atomic E-state index is 0.266. The number of rotatable bonds is 2. The molecule has 0 radical (unpaired) electrons. The van der Waals surface area contributed by atoms with Crippen molar-refractivity contribution in [2.75, 3.05) is 5.73 Å². The van der Waals surface area contributed by atoms with Crippen LogP contribution in [0.3, 0.4) is 0 Å². The Bertz CT molecular complexity index is 943. The van der Waals surface area contributed by atoms with Crippen molar-refractivity contribution >= 4 is 22.7 Å². The summed E-state index contributed by atoms with van der Waals surface area (Å²) in [5.41, 5.74) is 7.26. The van der Waals surface area contributed by atoms with E-state index in [9.17, 15) is 14.7 Å². The van der Waals surface area contributed by atoms with E-state index in [4.69, 9.17) is 5.73 Å². The van der Waals surface area contributed by atoms with Crippen LogP contribution in [0.2, 0.25) is 0 Å². The van der Waals surface area contributed by atoms with Gasteiger partial charge < -0.3 is 15.4 Å². The van der Waals surface area contributed by atoms with Crippen LogP contribution >= 0.6 is 0 Å². The molecule has 0 aliphatic rings. The lowest BCUT2D eigenvalue weighted by Crippen LogP contribution is -2.19. The average Bonchev–Trinajstić information content (AvgIpc) is 2.48. The van der Waals surface area contributed by atoms with Crippen molar-refractivity contribution in [2.45, 2.75) is 6.92 Å². The van der Waals surface area contributed by atoms with E-state index < -0.39 is 11.4 Å². The van der Waals surface area contributed by atoms with Gasteiger partial charge in [-0.2, -0.15) is 0 Å². The number of aromatic carboxylic acids is 1. The smallest absolute Gasteiger partial charge is 0.341 e. The molecule has 2 aromatic heterocycles. The summed E-state index contributed by atoms with van der Waals surface area (Å²) in [4.78, 5) is 28.0. The summed E-state index contributed by atoms with van der Waals surface area (Å²) in [7, 11) is 0. The second-order valence-corrected chi connectivity index (χ2v) is 4.96. The second kappa shape index (κ2) is 5.00. The topological polar surface area (TPSA) is 98.2 Å². The number of nitrogen functional groups attached to an aromatic ring is 1. The Labute approximate surface area is 125 Å². The average molecular weight is 295 g/mol. The maximum Gasteiger partial charge on any atom is 0.341 e. The molecule has 0 amide bonds. The van der Waals surface area contributed by atoms with E-state index >= 15 is 0 Å². The first-order valence-corrected chi connectivity index (χ1v) is 6.59. The van der Waals surface area contributed by atoms with Crippen LogP contribution < -0.4 is 11.2 Å². The zero-order valence-corrected chi connectivity index (χ0v) is 11.8. The van der Waals surface area contributed by atoms with Gasteiger partial charge in [0.25, 0.3) is 0 Å². The molecule has 0 saturated heterocycles. The Hall–Kier alpha value is -3.15. The fourth-order valence-electron chi connectivity index (χ4n) is 2.28. The number of aromatic nitrogens is 2. The summed E-state index contributed by atoms with van der Waals surface area (Å²) in [5.74, 6) is -1.27. The summed E-state index contributed by atoms with van der Waals surface area (Å²) in [5, 5.41) is 9.51. The maximum atomic E-state index is 12.3. The summed E-state index contributed by atoms with van der Waals surface area (Å²) in [6.45, 7) is 1.81. The Morgan fingerprint density at radius 3 is 2.50 bits per heavy atom. The van der Waals surface area contributed by atoms with Crippen molar-refractivity contribution in [3.05, 3.63) is 64.1 Å².